The molecule has 1 aromatic heterocycles. The standard InChI is InChI=1S/C16H18N2O2S/c1-10-3-5-12(6-4-10)17-16-18-13(9-21-16)8-20-15(19)14-7-11(14)2/h3-6,9,11,14H,7-8H2,1-2H3,(H,17,18)/t11-,14+/m1/s1. The second-order valence-corrected chi connectivity index (χ2v) is 6.42. The number of hydrogen-bond donors (Lipinski definition) is 1. The van der Waals surface area contributed by atoms with E-state index in [2.05, 4.69) is 36.3 Å². The van der Waals surface area contributed by atoms with Gasteiger partial charge in [0.15, 0.2) is 5.13 Å². The molecule has 2 atom stereocenters. The van der Waals surface area contributed by atoms with E-state index >= 15 is 0 Å². The zero-order valence-corrected chi connectivity index (χ0v) is 12.9. The molecule has 1 aliphatic rings. The number of rotatable bonds is 5. The summed E-state index contributed by atoms with van der Waals surface area (Å²) in [7, 11) is 0. The largest absolute Gasteiger partial charge is 0.459 e. The zero-order chi connectivity index (χ0) is 14.8. The molecule has 5 heteroatoms. The lowest BCUT2D eigenvalue weighted by Crippen LogP contribution is -2.07. The minimum atomic E-state index is -0.0939. The van der Waals surface area contributed by atoms with E-state index in [4.69, 9.17) is 4.74 Å². The lowest BCUT2D eigenvalue weighted by molar-refractivity contribution is -0.146. The first-order valence-electron chi connectivity index (χ1n) is 7.06. The zero-order valence-electron chi connectivity index (χ0n) is 12.1. The van der Waals surface area contributed by atoms with Crippen LogP contribution >= 0.6 is 11.3 Å². The number of carbonyl (C=O) groups excluding carboxylic acids is 1. The fourth-order valence-electron chi connectivity index (χ4n) is 2.09. The number of aryl methyl sites for hydroxylation is 1. The summed E-state index contributed by atoms with van der Waals surface area (Å²) in [5, 5.41) is 5.97. The summed E-state index contributed by atoms with van der Waals surface area (Å²) >= 11 is 1.51. The topological polar surface area (TPSA) is 51.2 Å². The van der Waals surface area contributed by atoms with Crippen LogP contribution in [0.25, 0.3) is 0 Å². The van der Waals surface area contributed by atoms with Crippen molar-refractivity contribution in [2.75, 3.05) is 5.32 Å². The Morgan fingerprint density at radius 1 is 1.43 bits per heavy atom. The molecule has 1 N–H and O–H groups in total. The SMILES string of the molecule is Cc1ccc(Nc2nc(COC(=O)[C@H]3C[C@H]3C)cs2)cc1. The summed E-state index contributed by atoms with van der Waals surface area (Å²) in [4.78, 5) is 16.1. The number of hydrogen-bond acceptors (Lipinski definition) is 5. The highest BCUT2D eigenvalue weighted by atomic mass is 32.1. The predicted octanol–water partition coefficient (Wildman–Crippen LogP) is 3.89. The Hall–Kier alpha value is -1.88. The molecule has 4 nitrogen and oxygen atoms in total. The van der Waals surface area contributed by atoms with Crippen molar-refractivity contribution in [3.63, 3.8) is 0 Å². The molecule has 1 fully saturated rings. The van der Waals surface area contributed by atoms with E-state index < -0.39 is 0 Å². The molecule has 0 aliphatic heterocycles. The summed E-state index contributed by atoms with van der Waals surface area (Å²) < 4.78 is 5.28. The van der Waals surface area contributed by atoms with Gasteiger partial charge in [0.05, 0.1) is 11.6 Å². The summed E-state index contributed by atoms with van der Waals surface area (Å²) in [6.07, 6.45) is 0.954. The summed E-state index contributed by atoms with van der Waals surface area (Å²) in [6, 6.07) is 8.14. The maximum atomic E-state index is 11.7. The first-order valence-corrected chi connectivity index (χ1v) is 7.94. The Bertz CT molecular complexity index is 636. The van der Waals surface area contributed by atoms with Crippen LogP contribution in [0, 0.1) is 18.8 Å². The van der Waals surface area contributed by atoms with E-state index in [1.165, 1.54) is 16.9 Å². The van der Waals surface area contributed by atoms with Gasteiger partial charge in [-0.15, -0.1) is 11.3 Å². The van der Waals surface area contributed by atoms with Crippen LogP contribution in [0.3, 0.4) is 0 Å². The van der Waals surface area contributed by atoms with Crippen LogP contribution in [-0.4, -0.2) is 11.0 Å². The van der Waals surface area contributed by atoms with Crippen LogP contribution in [0.15, 0.2) is 29.6 Å². The number of carbonyl (C=O) groups is 1. The molecule has 0 amide bonds. The highest BCUT2D eigenvalue weighted by Gasteiger charge is 2.40. The van der Waals surface area contributed by atoms with E-state index in [1.54, 1.807) is 0 Å². The van der Waals surface area contributed by atoms with Crippen LogP contribution < -0.4 is 5.32 Å². The van der Waals surface area contributed by atoms with Gasteiger partial charge < -0.3 is 10.1 Å². The first kappa shape index (κ1) is 14.1. The summed E-state index contributed by atoms with van der Waals surface area (Å²) in [5.74, 6) is 0.490. The third-order valence-electron chi connectivity index (χ3n) is 3.63. The van der Waals surface area contributed by atoms with Crippen LogP contribution in [0.1, 0.15) is 24.6 Å². The quantitative estimate of drug-likeness (QED) is 0.851. The van der Waals surface area contributed by atoms with Gasteiger partial charge in [0, 0.05) is 11.1 Å². The molecule has 0 unspecified atom stereocenters. The average Bonchev–Trinajstić information content (AvgIpc) is 3.04. The van der Waals surface area contributed by atoms with Gasteiger partial charge in [-0.1, -0.05) is 24.6 Å². The normalized spacial score (nSPS) is 20.1. The first-order chi connectivity index (χ1) is 10.1. The third-order valence-corrected chi connectivity index (χ3v) is 4.44. The third kappa shape index (κ3) is 3.61. The van der Waals surface area contributed by atoms with Crippen molar-refractivity contribution in [2.45, 2.75) is 26.9 Å². The van der Waals surface area contributed by atoms with E-state index in [0.717, 1.165) is 22.9 Å². The van der Waals surface area contributed by atoms with Gasteiger partial charge in [0.1, 0.15) is 6.61 Å². The average molecular weight is 302 g/mol. The van der Waals surface area contributed by atoms with Crippen LogP contribution in [0.4, 0.5) is 10.8 Å². The molecule has 21 heavy (non-hydrogen) atoms. The number of thiazole rings is 1. The smallest absolute Gasteiger partial charge is 0.309 e. The van der Waals surface area contributed by atoms with E-state index in [9.17, 15) is 4.79 Å². The molecule has 0 spiro atoms. The Morgan fingerprint density at radius 3 is 2.81 bits per heavy atom. The molecule has 110 valence electrons. The summed E-state index contributed by atoms with van der Waals surface area (Å²) in [6.45, 7) is 4.38. The second kappa shape index (κ2) is 5.85. The molecule has 0 radical (unpaired) electrons. The fourth-order valence-corrected chi connectivity index (χ4v) is 2.81. The van der Waals surface area contributed by atoms with Crippen molar-refractivity contribution in [1.29, 1.82) is 0 Å². The maximum Gasteiger partial charge on any atom is 0.309 e. The van der Waals surface area contributed by atoms with E-state index in [1.807, 2.05) is 17.5 Å². The van der Waals surface area contributed by atoms with Crippen molar-refractivity contribution in [3.8, 4) is 0 Å². The number of ether oxygens (including phenoxy) is 1. The second-order valence-electron chi connectivity index (χ2n) is 5.56. The minimum absolute atomic E-state index is 0.0939. The number of esters is 1. The fraction of sp³-hybridized carbons (Fsp3) is 0.375. The molecule has 0 saturated heterocycles. The van der Waals surface area contributed by atoms with E-state index in [-0.39, 0.29) is 18.5 Å². The predicted molar refractivity (Wildman–Crippen MR) is 83.6 cm³/mol. The Labute approximate surface area is 128 Å². The van der Waals surface area contributed by atoms with Gasteiger partial charge in [0.2, 0.25) is 0 Å². The minimum Gasteiger partial charge on any atom is -0.459 e. The van der Waals surface area contributed by atoms with Crippen molar-refractivity contribution in [3.05, 3.63) is 40.9 Å². The molecular weight excluding hydrogens is 284 g/mol. The number of aromatic nitrogens is 1. The molecule has 0 bridgehead atoms. The molecule has 1 aliphatic carbocycles. The van der Waals surface area contributed by atoms with Gasteiger partial charge in [-0.3, -0.25) is 4.79 Å². The van der Waals surface area contributed by atoms with Gasteiger partial charge in [0.25, 0.3) is 0 Å². The number of benzene rings is 1. The highest BCUT2D eigenvalue weighted by molar-refractivity contribution is 7.13. The van der Waals surface area contributed by atoms with Crippen molar-refractivity contribution < 1.29 is 9.53 Å². The number of anilines is 2. The van der Waals surface area contributed by atoms with Gasteiger partial charge in [-0.05, 0) is 31.4 Å². The molecule has 2 aromatic rings. The Morgan fingerprint density at radius 2 is 2.14 bits per heavy atom. The summed E-state index contributed by atoms with van der Waals surface area (Å²) in [5.41, 5.74) is 3.02. The van der Waals surface area contributed by atoms with Crippen molar-refractivity contribution >= 4 is 28.1 Å². The molecule has 1 saturated carbocycles. The molecule has 1 heterocycles. The lowest BCUT2D eigenvalue weighted by Gasteiger charge is -2.03. The Balaban J connectivity index is 1.53. The van der Waals surface area contributed by atoms with Gasteiger partial charge in [-0.25, -0.2) is 4.98 Å². The molecule has 1 aromatic carbocycles. The molecule has 3 rings (SSSR count). The monoisotopic (exact) mass is 302 g/mol. The highest BCUT2D eigenvalue weighted by Crippen LogP contribution is 2.38. The maximum absolute atomic E-state index is 11.7. The number of nitrogens with one attached hydrogen (secondary N) is 1. The Kier molecular flexibility index (Phi) is 3.92. The van der Waals surface area contributed by atoms with Crippen LogP contribution in [0.2, 0.25) is 0 Å². The lowest BCUT2D eigenvalue weighted by atomic mass is 10.2. The van der Waals surface area contributed by atoms with Crippen LogP contribution in [-0.2, 0) is 16.1 Å². The van der Waals surface area contributed by atoms with Crippen LogP contribution in [0.5, 0.6) is 0 Å². The molecular formula is C16H18N2O2S. The van der Waals surface area contributed by atoms with E-state index in [0.29, 0.717) is 5.92 Å². The van der Waals surface area contributed by atoms with Crippen molar-refractivity contribution in [2.24, 2.45) is 11.8 Å². The number of nitrogens with zero attached hydrogens (tertiary/aromatic N) is 1. The van der Waals surface area contributed by atoms with Crippen molar-refractivity contribution in [1.82, 2.24) is 4.98 Å². The van der Waals surface area contributed by atoms with Gasteiger partial charge in [-0.2, -0.15) is 0 Å². The van der Waals surface area contributed by atoms with Gasteiger partial charge >= 0.3 is 5.97 Å².